The van der Waals surface area contributed by atoms with Crippen molar-refractivity contribution in [1.29, 1.82) is 0 Å². The first-order valence-electron chi connectivity index (χ1n) is 8.46. The number of aryl methyl sites for hydroxylation is 1. The zero-order chi connectivity index (χ0) is 18.4. The maximum atomic E-state index is 6.34. The van der Waals surface area contributed by atoms with Crippen LogP contribution in [-0.4, -0.2) is 30.1 Å². The van der Waals surface area contributed by atoms with Crippen molar-refractivity contribution >= 4 is 46.0 Å². The van der Waals surface area contributed by atoms with Crippen LogP contribution in [0.15, 0.2) is 30.6 Å². The number of benzene rings is 1. The van der Waals surface area contributed by atoms with E-state index in [4.69, 9.17) is 21.6 Å². The molecule has 0 amide bonds. The van der Waals surface area contributed by atoms with Crippen LogP contribution in [0.25, 0.3) is 11.4 Å². The molecule has 1 aromatic carbocycles. The number of hydrogen-bond acceptors (Lipinski definition) is 5. The van der Waals surface area contributed by atoms with Gasteiger partial charge in [-0.05, 0) is 42.7 Å². The van der Waals surface area contributed by atoms with Gasteiger partial charge in [-0.2, -0.15) is 10.1 Å². The predicted octanol–water partition coefficient (Wildman–Crippen LogP) is 4.98. The summed E-state index contributed by atoms with van der Waals surface area (Å²) in [5.74, 6) is 2.00. The topological polar surface area (TPSA) is 79.4 Å². The number of aromatic nitrogens is 5. The fourth-order valence-corrected chi connectivity index (χ4v) is 3.24. The molecule has 1 aliphatic carbocycles. The first kappa shape index (κ1) is 19.0. The number of H-pyrrole nitrogens is 1. The standard InChI is InChI=1S/C17H17ClN6.CH3I/c18-13-8-5-4-6-11(13)15-21-14-9-3-1-2-7-12(14)16(22-15)23-17-19-10-20-24-17;1-2/h4-6,8,10H,1-3,7,9H2,(H2,19,20,21,22,23,24);1H3. The van der Waals surface area contributed by atoms with E-state index in [1.165, 1.54) is 18.3 Å². The molecule has 6 nitrogen and oxygen atoms in total. The quantitative estimate of drug-likeness (QED) is 0.313. The Balaban J connectivity index is 0.000000948. The Kier molecular flexibility index (Phi) is 6.79. The van der Waals surface area contributed by atoms with Crippen molar-refractivity contribution in [2.75, 3.05) is 10.2 Å². The third kappa shape index (κ3) is 4.32. The third-order valence-electron chi connectivity index (χ3n) is 4.20. The largest absolute Gasteiger partial charge is 0.309 e. The second-order valence-corrected chi connectivity index (χ2v) is 6.23. The molecule has 0 radical (unpaired) electrons. The Bertz CT molecular complexity index is 853. The number of aromatic amines is 1. The van der Waals surface area contributed by atoms with Gasteiger partial charge in [-0.1, -0.05) is 52.7 Å². The second-order valence-electron chi connectivity index (χ2n) is 5.82. The highest BCUT2D eigenvalue weighted by molar-refractivity contribution is 14.1. The Labute approximate surface area is 171 Å². The number of anilines is 2. The molecule has 2 heterocycles. The molecule has 26 heavy (non-hydrogen) atoms. The van der Waals surface area contributed by atoms with Crippen molar-refractivity contribution in [1.82, 2.24) is 25.1 Å². The number of nitrogens with zero attached hydrogens (tertiary/aromatic N) is 4. The highest BCUT2D eigenvalue weighted by Crippen LogP contribution is 2.31. The number of nitrogens with one attached hydrogen (secondary N) is 2. The molecular formula is C18H20ClIN6. The van der Waals surface area contributed by atoms with Gasteiger partial charge in [0.15, 0.2) is 5.82 Å². The summed E-state index contributed by atoms with van der Waals surface area (Å²) in [6, 6.07) is 7.65. The Hall–Kier alpha value is -1.74. The first-order chi connectivity index (χ1) is 12.8. The van der Waals surface area contributed by atoms with Crippen molar-refractivity contribution in [3.05, 3.63) is 46.9 Å². The normalized spacial score (nSPS) is 13.2. The van der Waals surface area contributed by atoms with E-state index in [9.17, 15) is 0 Å². The minimum Gasteiger partial charge on any atom is -0.309 e. The average Bonchev–Trinajstić information content (AvgIpc) is 3.06. The summed E-state index contributed by atoms with van der Waals surface area (Å²) in [6.45, 7) is 0. The summed E-state index contributed by atoms with van der Waals surface area (Å²) in [7, 11) is 0. The monoisotopic (exact) mass is 482 g/mol. The van der Waals surface area contributed by atoms with E-state index in [1.54, 1.807) is 0 Å². The van der Waals surface area contributed by atoms with Crippen LogP contribution in [0.3, 0.4) is 0 Å². The van der Waals surface area contributed by atoms with E-state index in [-0.39, 0.29) is 0 Å². The third-order valence-corrected chi connectivity index (χ3v) is 4.53. The van der Waals surface area contributed by atoms with Crippen molar-refractivity contribution in [3.63, 3.8) is 0 Å². The lowest BCUT2D eigenvalue weighted by Gasteiger charge is -2.14. The van der Waals surface area contributed by atoms with Crippen LogP contribution in [0.4, 0.5) is 11.8 Å². The molecule has 2 N–H and O–H groups in total. The van der Waals surface area contributed by atoms with Crippen LogP contribution >= 0.6 is 34.2 Å². The summed E-state index contributed by atoms with van der Waals surface area (Å²) >= 11 is 8.49. The van der Waals surface area contributed by atoms with Gasteiger partial charge in [0.25, 0.3) is 0 Å². The maximum Gasteiger partial charge on any atom is 0.224 e. The molecule has 0 spiro atoms. The fraction of sp³-hybridized carbons (Fsp3) is 0.333. The Morgan fingerprint density at radius 2 is 1.88 bits per heavy atom. The van der Waals surface area contributed by atoms with Crippen molar-refractivity contribution < 1.29 is 0 Å². The highest BCUT2D eigenvalue weighted by atomic mass is 127. The summed E-state index contributed by atoms with van der Waals surface area (Å²) in [4.78, 5) is 15.7. The molecule has 0 aliphatic heterocycles. The van der Waals surface area contributed by atoms with Crippen LogP contribution in [-0.2, 0) is 12.8 Å². The molecular weight excluding hydrogens is 463 g/mol. The minimum atomic E-state index is 0.574. The molecule has 0 saturated heterocycles. The molecule has 136 valence electrons. The van der Waals surface area contributed by atoms with E-state index in [2.05, 4.69) is 43.1 Å². The van der Waals surface area contributed by atoms with Crippen LogP contribution < -0.4 is 5.32 Å². The van der Waals surface area contributed by atoms with Gasteiger partial charge in [0.2, 0.25) is 5.95 Å². The van der Waals surface area contributed by atoms with Crippen molar-refractivity contribution in [2.45, 2.75) is 32.1 Å². The van der Waals surface area contributed by atoms with Crippen molar-refractivity contribution in [3.8, 4) is 11.4 Å². The number of fused-ring (bicyclic) bond motifs is 1. The summed E-state index contributed by atoms with van der Waals surface area (Å²) in [5.41, 5.74) is 3.10. The maximum absolute atomic E-state index is 6.34. The summed E-state index contributed by atoms with van der Waals surface area (Å²) in [6.07, 6.45) is 6.90. The molecule has 0 bridgehead atoms. The number of rotatable bonds is 3. The van der Waals surface area contributed by atoms with E-state index < -0.39 is 0 Å². The van der Waals surface area contributed by atoms with E-state index >= 15 is 0 Å². The molecule has 0 fully saturated rings. The van der Waals surface area contributed by atoms with Gasteiger partial charge in [-0.25, -0.2) is 15.1 Å². The lowest BCUT2D eigenvalue weighted by Crippen LogP contribution is -2.08. The van der Waals surface area contributed by atoms with Crippen LogP contribution in [0.2, 0.25) is 5.02 Å². The van der Waals surface area contributed by atoms with Crippen LogP contribution in [0.1, 0.15) is 30.5 Å². The van der Waals surface area contributed by atoms with Crippen LogP contribution in [0, 0.1) is 0 Å². The Morgan fingerprint density at radius 3 is 2.65 bits per heavy atom. The first-order valence-corrected chi connectivity index (χ1v) is 11.0. The lowest BCUT2D eigenvalue weighted by atomic mass is 10.1. The predicted molar refractivity (Wildman–Crippen MR) is 113 cm³/mol. The molecule has 4 rings (SSSR count). The second kappa shape index (κ2) is 9.27. The molecule has 0 saturated carbocycles. The Morgan fingerprint density at radius 1 is 1.08 bits per heavy atom. The summed E-state index contributed by atoms with van der Waals surface area (Å²) in [5, 5.41) is 10.6. The van der Waals surface area contributed by atoms with Crippen LogP contribution in [0.5, 0.6) is 0 Å². The van der Waals surface area contributed by atoms with Gasteiger partial charge in [-0.15, -0.1) is 0 Å². The zero-order valence-electron chi connectivity index (χ0n) is 14.5. The van der Waals surface area contributed by atoms with Gasteiger partial charge < -0.3 is 5.32 Å². The number of alkyl halides is 1. The SMILES string of the molecule is CI.Clc1ccccc1-c1nc2c(c(Nc3ncn[nH]3)n1)CCCCC2. The fourth-order valence-electron chi connectivity index (χ4n) is 3.02. The highest BCUT2D eigenvalue weighted by Gasteiger charge is 2.19. The van der Waals surface area contributed by atoms with E-state index in [0.717, 1.165) is 42.8 Å². The number of hydrogen-bond donors (Lipinski definition) is 2. The molecule has 1 aliphatic rings. The number of halogens is 2. The van der Waals surface area contributed by atoms with Gasteiger partial charge in [0.1, 0.15) is 12.1 Å². The lowest BCUT2D eigenvalue weighted by molar-refractivity contribution is 0.709. The molecule has 0 atom stereocenters. The van der Waals surface area contributed by atoms with E-state index in [1.807, 2.05) is 29.2 Å². The van der Waals surface area contributed by atoms with Gasteiger partial charge in [0.05, 0.1) is 5.02 Å². The van der Waals surface area contributed by atoms with Crippen molar-refractivity contribution in [2.24, 2.45) is 0 Å². The summed E-state index contributed by atoms with van der Waals surface area (Å²) < 4.78 is 0. The zero-order valence-corrected chi connectivity index (χ0v) is 17.4. The van der Waals surface area contributed by atoms with Gasteiger partial charge >= 0.3 is 0 Å². The molecule has 8 heteroatoms. The smallest absolute Gasteiger partial charge is 0.224 e. The van der Waals surface area contributed by atoms with Gasteiger partial charge in [0, 0.05) is 16.8 Å². The van der Waals surface area contributed by atoms with Gasteiger partial charge in [-0.3, -0.25) is 0 Å². The molecule has 2 aromatic heterocycles. The molecule has 3 aromatic rings. The minimum absolute atomic E-state index is 0.574. The average molecular weight is 483 g/mol. The van der Waals surface area contributed by atoms with E-state index in [0.29, 0.717) is 16.8 Å². The molecule has 0 unspecified atom stereocenters.